The van der Waals surface area contributed by atoms with E-state index in [0.29, 0.717) is 5.92 Å². The molecule has 0 spiro atoms. The molecule has 0 amide bonds. The van der Waals surface area contributed by atoms with Crippen LogP contribution < -0.4 is 5.73 Å². The van der Waals surface area contributed by atoms with E-state index in [1.807, 2.05) is 0 Å². The number of hydrogen-bond acceptors (Lipinski definition) is 2. The summed E-state index contributed by atoms with van der Waals surface area (Å²) in [6.07, 6.45) is 4.66. The van der Waals surface area contributed by atoms with Gasteiger partial charge in [-0.1, -0.05) is 28.1 Å². The Morgan fingerprint density at radius 3 is 2.78 bits per heavy atom. The van der Waals surface area contributed by atoms with Crippen LogP contribution in [0.15, 0.2) is 22.7 Å². The molecule has 3 heteroatoms. The van der Waals surface area contributed by atoms with Gasteiger partial charge in [-0.2, -0.15) is 0 Å². The molecule has 1 saturated carbocycles. The Bertz CT molecular complexity index is 454. The number of hydrogen-bond donors (Lipinski definition) is 1. The maximum Gasteiger partial charge on any atom is 0.0213 e. The van der Waals surface area contributed by atoms with E-state index in [2.05, 4.69) is 46.1 Å². The monoisotopic (exact) mass is 308 g/mol. The van der Waals surface area contributed by atoms with Gasteiger partial charge >= 0.3 is 0 Å². The molecule has 1 aliphatic carbocycles. The van der Waals surface area contributed by atoms with Crippen molar-refractivity contribution in [3.05, 3.63) is 33.8 Å². The fraction of sp³-hybridized carbons (Fsp3) is 0.600. The predicted octanol–water partition coefficient (Wildman–Crippen LogP) is 2.90. The lowest BCUT2D eigenvalue weighted by Gasteiger charge is -2.15. The first-order valence-electron chi connectivity index (χ1n) is 6.81. The van der Waals surface area contributed by atoms with Crippen LogP contribution in [0.5, 0.6) is 0 Å². The van der Waals surface area contributed by atoms with Gasteiger partial charge in [-0.25, -0.2) is 0 Å². The molecule has 1 aromatic carbocycles. The van der Waals surface area contributed by atoms with Crippen molar-refractivity contribution in [1.82, 2.24) is 4.90 Å². The SMILES string of the molecule is CN1CCC(c2ccc(CC3(N)CC3)cc2Br)C1. The van der Waals surface area contributed by atoms with Crippen LogP contribution in [-0.2, 0) is 6.42 Å². The highest BCUT2D eigenvalue weighted by Gasteiger charge is 2.38. The molecule has 1 atom stereocenters. The average molecular weight is 309 g/mol. The zero-order chi connectivity index (χ0) is 12.8. The molecule has 2 fully saturated rings. The van der Waals surface area contributed by atoms with E-state index in [4.69, 9.17) is 5.73 Å². The third kappa shape index (κ3) is 2.63. The minimum Gasteiger partial charge on any atom is -0.325 e. The Hall–Kier alpha value is -0.380. The minimum atomic E-state index is 0.106. The summed E-state index contributed by atoms with van der Waals surface area (Å²) < 4.78 is 1.27. The molecule has 3 rings (SSSR count). The van der Waals surface area contributed by atoms with E-state index >= 15 is 0 Å². The smallest absolute Gasteiger partial charge is 0.0213 e. The van der Waals surface area contributed by atoms with Gasteiger partial charge in [0.15, 0.2) is 0 Å². The van der Waals surface area contributed by atoms with E-state index in [0.717, 1.165) is 6.42 Å². The summed E-state index contributed by atoms with van der Waals surface area (Å²) in [4.78, 5) is 2.41. The minimum absolute atomic E-state index is 0.106. The largest absolute Gasteiger partial charge is 0.325 e. The molecule has 0 radical (unpaired) electrons. The molecular formula is C15H21BrN2. The van der Waals surface area contributed by atoms with Gasteiger partial charge in [0.05, 0.1) is 0 Å². The summed E-state index contributed by atoms with van der Waals surface area (Å²) in [5.41, 5.74) is 9.13. The number of likely N-dealkylation sites (tertiary alicyclic amines) is 1. The number of likely N-dealkylation sites (N-methyl/N-ethyl adjacent to an activating group) is 1. The van der Waals surface area contributed by atoms with Gasteiger partial charge in [-0.3, -0.25) is 0 Å². The van der Waals surface area contributed by atoms with Crippen molar-refractivity contribution in [2.75, 3.05) is 20.1 Å². The number of nitrogens with two attached hydrogens (primary N) is 1. The van der Waals surface area contributed by atoms with Gasteiger partial charge in [0, 0.05) is 16.6 Å². The summed E-state index contributed by atoms with van der Waals surface area (Å²) in [6, 6.07) is 6.85. The molecule has 1 heterocycles. The number of halogens is 1. The normalized spacial score (nSPS) is 26.5. The molecule has 2 nitrogen and oxygen atoms in total. The predicted molar refractivity (Wildman–Crippen MR) is 78.9 cm³/mol. The quantitative estimate of drug-likeness (QED) is 0.930. The molecule has 1 aliphatic heterocycles. The summed E-state index contributed by atoms with van der Waals surface area (Å²) in [5, 5.41) is 0. The van der Waals surface area contributed by atoms with E-state index in [-0.39, 0.29) is 5.54 Å². The van der Waals surface area contributed by atoms with Crippen LogP contribution in [0.4, 0.5) is 0 Å². The van der Waals surface area contributed by atoms with Crippen LogP contribution in [0.1, 0.15) is 36.3 Å². The van der Waals surface area contributed by atoms with Crippen molar-refractivity contribution in [3.63, 3.8) is 0 Å². The fourth-order valence-corrected chi connectivity index (χ4v) is 3.69. The lowest BCUT2D eigenvalue weighted by molar-refractivity contribution is 0.411. The van der Waals surface area contributed by atoms with Crippen LogP contribution >= 0.6 is 15.9 Å². The zero-order valence-corrected chi connectivity index (χ0v) is 12.5. The second-order valence-electron chi connectivity index (χ2n) is 6.14. The highest BCUT2D eigenvalue weighted by Crippen LogP contribution is 2.37. The first kappa shape index (κ1) is 12.6. The van der Waals surface area contributed by atoms with Crippen molar-refractivity contribution in [3.8, 4) is 0 Å². The molecule has 0 bridgehead atoms. The van der Waals surface area contributed by atoms with Crippen LogP contribution in [0.3, 0.4) is 0 Å². The van der Waals surface area contributed by atoms with E-state index < -0.39 is 0 Å². The maximum absolute atomic E-state index is 6.19. The Kier molecular flexibility index (Phi) is 3.25. The van der Waals surface area contributed by atoms with Gasteiger partial charge in [-0.05, 0) is 62.4 Å². The summed E-state index contributed by atoms with van der Waals surface area (Å²) in [7, 11) is 2.20. The molecule has 0 aromatic heterocycles. The standard InChI is InChI=1S/C15H21BrN2/c1-18-7-4-12(10-18)13-3-2-11(8-14(13)16)9-15(17)5-6-15/h2-3,8,12H,4-7,9-10,17H2,1H3. The van der Waals surface area contributed by atoms with Crippen molar-refractivity contribution in [1.29, 1.82) is 0 Å². The van der Waals surface area contributed by atoms with Gasteiger partial charge in [0.25, 0.3) is 0 Å². The second kappa shape index (κ2) is 4.62. The van der Waals surface area contributed by atoms with Crippen LogP contribution in [0.2, 0.25) is 0 Å². The summed E-state index contributed by atoms with van der Waals surface area (Å²) in [5.74, 6) is 0.686. The number of nitrogens with zero attached hydrogens (tertiary/aromatic N) is 1. The number of rotatable bonds is 3. The first-order valence-corrected chi connectivity index (χ1v) is 7.61. The third-order valence-corrected chi connectivity index (χ3v) is 5.03. The zero-order valence-electron chi connectivity index (χ0n) is 11.0. The molecule has 1 aromatic rings. The first-order chi connectivity index (χ1) is 8.56. The van der Waals surface area contributed by atoms with Gasteiger partial charge in [-0.15, -0.1) is 0 Å². The number of benzene rings is 1. The van der Waals surface area contributed by atoms with E-state index in [1.165, 1.54) is 48.0 Å². The van der Waals surface area contributed by atoms with Crippen molar-refractivity contribution < 1.29 is 0 Å². The van der Waals surface area contributed by atoms with Crippen molar-refractivity contribution in [2.24, 2.45) is 5.73 Å². The van der Waals surface area contributed by atoms with Crippen molar-refractivity contribution >= 4 is 15.9 Å². The van der Waals surface area contributed by atoms with Crippen molar-refractivity contribution in [2.45, 2.75) is 37.1 Å². The van der Waals surface area contributed by atoms with Gasteiger partial charge < -0.3 is 10.6 Å². The Labute approximate surface area is 118 Å². The lowest BCUT2D eigenvalue weighted by Crippen LogP contribution is -2.24. The van der Waals surface area contributed by atoms with Crippen LogP contribution in [0.25, 0.3) is 0 Å². The molecule has 2 aliphatic rings. The highest BCUT2D eigenvalue weighted by molar-refractivity contribution is 9.10. The topological polar surface area (TPSA) is 29.3 Å². The molecule has 2 N–H and O–H groups in total. The van der Waals surface area contributed by atoms with E-state index in [1.54, 1.807) is 0 Å². The van der Waals surface area contributed by atoms with Crippen LogP contribution in [0, 0.1) is 0 Å². The Morgan fingerprint density at radius 2 is 2.22 bits per heavy atom. The van der Waals surface area contributed by atoms with Gasteiger partial charge in [0.2, 0.25) is 0 Å². The third-order valence-electron chi connectivity index (χ3n) is 4.34. The van der Waals surface area contributed by atoms with Gasteiger partial charge in [0.1, 0.15) is 0 Å². The average Bonchev–Trinajstić information content (AvgIpc) is 2.86. The molecule has 18 heavy (non-hydrogen) atoms. The fourth-order valence-electron chi connectivity index (χ4n) is 2.94. The summed E-state index contributed by atoms with van der Waals surface area (Å²) in [6.45, 7) is 2.39. The summed E-state index contributed by atoms with van der Waals surface area (Å²) >= 11 is 3.75. The molecule has 98 valence electrons. The van der Waals surface area contributed by atoms with E-state index in [9.17, 15) is 0 Å². The maximum atomic E-state index is 6.19. The van der Waals surface area contributed by atoms with Crippen LogP contribution in [-0.4, -0.2) is 30.6 Å². The molecule has 1 saturated heterocycles. The Morgan fingerprint density at radius 1 is 1.44 bits per heavy atom. The highest BCUT2D eigenvalue weighted by atomic mass is 79.9. The molecule has 1 unspecified atom stereocenters. The molecular weight excluding hydrogens is 288 g/mol. The second-order valence-corrected chi connectivity index (χ2v) is 7.00. The lowest BCUT2D eigenvalue weighted by atomic mass is 9.95. The Balaban J connectivity index is 1.76.